The van der Waals surface area contributed by atoms with E-state index in [9.17, 15) is 9.90 Å². The number of aliphatic hydroxyl groups is 1. The minimum absolute atomic E-state index is 0.0104. The fraction of sp³-hybridized carbons (Fsp3) is 0.263. The largest absolute Gasteiger partial charge is 0.392 e. The van der Waals surface area contributed by atoms with Gasteiger partial charge in [-0.25, -0.2) is 4.98 Å². The van der Waals surface area contributed by atoms with E-state index in [1.54, 1.807) is 19.0 Å². The van der Waals surface area contributed by atoms with E-state index in [0.29, 0.717) is 0 Å². The van der Waals surface area contributed by atoms with Crippen molar-refractivity contribution >= 4 is 11.6 Å². The van der Waals surface area contributed by atoms with Crippen LogP contribution in [-0.2, 0) is 17.8 Å². The van der Waals surface area contributed by atoms with E-state index in [4.69, 9.17) is 4.98 Å². The number of imidazole rings is 1. The molecule has 0 aliphatic rings. The van der Waals surface area contributed by atoms with Crippen LogP contribution >= 0.6 is 0 Å². The molecule has 2 aromatic heterocycles. The van der Waals surface area contributed by atoms with Crippen LogP contribution in [0, 0.1) is 6.92 Å². The minimum Gasteiger partial charge on any atom is -0.392 e. The maximum Gasteiger partial charge on any atom is 0.228 e. The maximum absolute atomic E-state index is 12.3. The third kappa shape index (κ3) is 2.90. The quantitative estimate of drug-likeness (QED) is 0.802. The molecule has 0 spiro atoms. The van der Waals surface area contributed by atoms with E-state index in [1.165, 1.54) is 0 Å². The van der Waals surface area contributed by atoms with Gasteiger partial charge in [0.1, 0.15) is 5.65 Å². The molecule has 0 aliphatic heterocycles. The average molecular weight is 323 g/mol. The average Bonchev–Trinajstić information content (AvgIpc) is 2.95. The Kier molecular flexibility index (Phi) is 4.36. The standard InChI is InChI=1S/C19H21N3O2/c1-13-5-4-10-22-16(11-17(24)21(2)3)18(20-19(13)22)15-8-6-14(12-23)7-9-15/h4-10,23H,11-12H2,1-3H3. The van der Waals surface area contributed by atoms with E-state index in [-0.39, 0.29) is 18.9 Å². The molecule has 0 bridgehead atoms. The summed E-state index contributed by atoms with van der Waals surface area (Å²) in [6.45, 7) is 2.02. The molecule has 0 radical (unpaired) electrons. The zero-order chi connectivity index (χ0) is 17.3. The van der Waals surface area contributed by atoms with Gasteiger partial charge >= 0.3 is 0 Å². The Labute approximate surface area is 141 Å². The molecule has 2 heterocycles. The first-order valence-electron chi connectivity index (χ1n) is 7.88. The number of aryl methyl sites for hydroxylation is 1. The lowest BCUT2D eigenvalue weighted by atomic mass is 10.1. The molecule has 5 nitrogen and oxygen atoms in total. The van der Waals surface area contributed by atoms with Gasteiger partial charge in [0.2, 0.25) is 5.91 Å². The highest BCUT2D eigenvalue weighted by Crippen LogP contribution is 2.27. The van der Waals surface area contributed by atoms with Crippen LogP contribution in [0.3, 0.4) is 0 Å². The van der Waals surface area contributed by atoms with Crippen LogP contribution in [0.5, 0.6) is 0 Å². The number of fused-ring (bicyclic) bond motifs is 1. The summed E-state index contributed by atoms with van der Waals surface area (Å²) >= 11 is 0. The molecule has 3 rings (SSSR count). The van der Waals surface area contributed by atoms with Crippen molar-refractivity contribution in [2.45, 2.75) is 20.0 Å². The first-order valence-corrected chi connectivity index (χ1v) is 7.88. The van der Waals surface area contributed by atoms with Gasteiger partial charge in [-0.15, -0.1) is 0 Å². The number of aromatic nitrogens is 2. The van der Waals surface area contributed by atoms with Crippen LogP contribution in [0.2, 0.25) is 0 Å². The Balaban J connectivity index is 2.17. The van der Waals surface area contributed by atoms with Crippen LogP contribution in [0.25, 0.3) is 16.9 Å². The summed E-state index contributed by atoms with van der Waals surface area (Å²) in [7, 11) is 3.51. The van der Waals surface area contributed by atoms with Crippen molar-refractivity contribution in [1.29, 1.82) is 0 Å². The Hall–Kier alpha value is -2.66. The summed E-state index contributed by atoms with van der Waals surface area (Å²) in [4.78, 5) is 18.6. The third-order valence-electron chi connectivity index (χ3n) is 4.17. The molecular weight excluding hydrogens is 302 g/mol. The topological polar surface area (TPSA) is 57.8 Å². The van der Waals surface area contributed by atoms with Crippen LogP contribution in [0.15, 0.2) is 42.6 Å². The molecule has 0 aliphatic carbocycles. The second-order valence-corrected chi connectivity index (χ2v) is 6.11. The fourth-order valence-electron chi connectivity index (χ4n) is 2.72. The maximum atomic E-state index is 12.3. The van der Waals surface area contributed by atoms with Crippen molar-refractivity contribution in [2.24, 2.45) is 0 Å². The lowest BCUT2D eigenvalue weighted by Crippen LogP contribution is -2.24. The van der Waals surface area contributed by atoms with Crippen molar-refractivity contribution < 1.29 is 9.90 Å². The Morgan fingerprint density at radius 3 is 2.54 bits per heavy atom. The molecule has 5 heteroatoms. The molecule has 1 amide bonds. The number of rotatable bonds is 4. The van der Waals surface area contributed by atoms with E-state index in [0.717, 1.165) is 33.7 Å². The van der Waals surface area contributed by atoms with Crippen molar-refractivity contribution in [3.05, 3.63) is 59.4 Å². The summed E-state index contributed by atoms with van der Waals surface area (Å²) in [5.74, 6) is 0.0338. The number of hydrogen-bond donors (Lipinski definition) is 1. The summed E-state index contributed by atoms with van der Waals surface area (Å²) in [5, 5.41) is 9.21. The van der Waals surface area contributed by atoms with Gasteiger partial charge in [-0.2, -0.15) is 0 Å². The molecule has 1 aromatic carbocycles. The highest BCUT2D eigenvalue weighted by molar-refractivity contribution is 5.81. The Morgan fingerprint density at radius 1 is 1.21 bits per heavy atom. The van der Waals surface area contributed by atoms with Crippen LogP contribution in [-0.4, -0.2) is 39.4 Å². The number of carbonyl (C=O) groups excluding carboxylic acids is 1. The lowest BCUT2D eigenvalue weighted by molar-refractivity contribution is -0.128. The Bertz CT molecular complexity index is 880. The number of likely N-dealkylation sites (N-methyl/N-ethyl adjacent to an activating group) is 1. The lowest BCUT2D eigenvalue weighted by Gasteiger charge is -2.11. The van der Waals surface area contributed by atoms with Gasteiger partial charge in [0.05, 0.1) is 24.4 Å². The number of benzene rings is 1. The molecule has 124 valence electrons. The van der Waals surface area contributed by atoms with E-state index < -0.39 is 0 Å². The molecular formula is C19H21N3O2. The first-order chi connectivity index (χ1) is 11.5. The van der Waals surface area contributed by atoms with Crippen molar-refractivity contribution in [3.8, 4) is 11.3 Å². The van der Waals surface area contributed by atoms with Crippen LogP contribution in [0.1, 0.15) is 16.8 Å². The van der Waals surface area contributed by atoms with Gasteiger partial charge < -0.3 is 14.4 Å². The minimum atomic E-state index is 0.0104. The molecule has 0 atom stereocenters. The summed E-state index contributed by atoms with van der Waals surface area (Å²) in [6, 6.07) is 11.6. The van der Waals surface area contributed by atoms with Gasteiger partial charge in [-0.1, -0.05) is 30.3 Å². The van der Waals surface area contributed by atoms with Crippen molar-refractivity contribution in [3.63, 3.8) is 0 Å². The molecule has 1 N–H and O–H groups in total. The molecule has 0 saturated carbocycles. The van der Waals surface area contributed by atoms with Gasteiger partial charge in [0, 0.05) is 25.9 Å². The normalized spacial score (nSPS) is 11.0. The first kappa shape index (κ1) is 16.2. The van der Waals surface area contributed by atoms with E-state index >= 15 is 0 Å². The molecule has 0 unspecified atom stereocenters. The SMILES string of the molecule is Cc1cccn2c(CC(=O)N(C)C)c(-c3ccc(CO)cc3)nc12. The highest BCUT2D eigenvalue weighted by Gasteiger charge is 2.18. The zero-order valence-electron chi connectivity index (χ0n) is 14.2. The molecule has 3 aromatic rings. The second kappa shape index (κ2) is 6.45. The number of amides is 1. The number of pyridine rings is 1. The van der Waals surface area contributed by atoms with Crippen LogP contribution < -0.4 is 0 Å². The molecule has 0 saturated heterocycles. The van der Waals surface area contributed by atoms with Crippen molar-refractivity contribution in [2.75, 3.05) is 14.1 Å². The number of hydrogen-bond acceptors (Lipinski definition) is 3. The predicted octanol–water partition coefficient (Wildman–Crippen LogP) is 2.43. The number of carbonyl (C=O) groups is 1. The number of nitrogens with zero attached hydrogens (tertiary/aromatic N) is 3. The second-order valence-electron chi connectivity index (χ2n) is 6.11. The van der Waals surface area contributed by atoms with Crippen LogP contribution in [0.4, 0.5) is 0 Å². The highest BCUT2D eigenvalue weighted by atomic mass is 16.3. The van der Waals surface area contributed by atoms with E-state index in [2.05, 4.69) is 0 Å². The van der Waals surface area contributed by atoms with Gasteiger partial charge in [-0.05, 0) is 24.1 Å². The van der Waals surface area contributed by atoms with Crippen molar-refractivity contribution in [1.82, 2.24) is 14.3 Å². The monoisotopic (exact) mass is 323 g/mol. The smallest absolute Gasteiger partial charge is 0.228 e. The molecule has 24 heavy (non-hydrogen) atoms. The van der Waals surface area contributed by atoms with E-state index in [1.807, 2.05) is 53.9 Å². The summed E-state index contributed by atoms with van der Waals surface area (Å²) < 4.78 is 1.99. The number of aliphatic hydroxyl groups excluding tert-OH is 1. The third-order valence-corrected chi connectivity index (χ3v) is 4.17. The summed E-state index contributed by atoms with van der Waals surface area (Å²) in [5.41, 5.74) is 5.41. The van der Waals surface area contributed by atoms with Gasteiger partial charge in [-0.3, -0.25) is 4.79 Å². The Morgan fingerprint density at radius 2 is 1.92 bits per heavy atom. The molecule has 0 fully saturated rings. The zero-order valence-corrected chi connectivity index (χ0v) is 14.2. The fourth-order valence-corrected chi connectivity index (χ4v) is 2.72. The predicted molar refractivity (Wildman–Crippen MR) is 93.7 cm³/mol. The summed E-state index contributed by atoms with van der Waals surface area (Å²) in [6.07, 6.45) is 2.23. The van der Waals surface area contributed by atoms with Gasteiger partial charge in [0.15, 0.2) is 0 Å². The van der Waals surface area contributed by atoms with Gasteiger partial charge in [0.25, 0.3) is 0 Å².